The van der Waals surface area contributed by atoms with Gasteiger partial charge in [-0.05, 0) is 17.4 Å². The van der Waals surface area contributed by atoms with Crippen molar-refractivity contribution in [2.75, 3.05) is 0 Å². The molecule has 66 valence electrons. The molecule has 0 spiro atoms. The van der Waals surface area contributed by atoms with Crippen molar-refractivity contribution in [2.45, 2.75) is 27.7 Å². The predicted molar refractivity (Wildman–Crippen MR) is 42.6 cm³/mol. The zero-order valence-electron chi connectivity index (χ0n) is 7.70. The maximum atomic E-state index is 11.6. The lowest BCUT2D eigenvalue weighted by Crippen LogP contribution is -2.28. The Kier molecular flexibility index (Phi) is 1.95. The Balaban J connectivity index is 3.01. The number of hydrogen-bond donors (Lipinski definition) is 0. The van der Waals surface area contributed by atoms with E-state index in [0.717, 1.165) is 0 Å². The summed E-state index contributed by atoms with van der Waals surface area (Å²) in [5.74, 6) is 0.430. The molecule has 0 N–H and O–H groups in total. The Morgan fingerprint density at radius 3 is 2.33 bits per heavy atom. The molecule has 0 unspecified atom stereocenters. The molecule has 1 aromatic rings. The molecule has 0 radical (unpaired) electrons. The highest BCUT2D eigenvalue weighted by atomic mass is 16.2. The molecule has 0 atom stereocenters. The van der Waals surface area contributed by atoms with Gasteiger partial charge in [0.25, 0.3) is 5.91 Å². The molecule has 0 aliphatic carbocycles. The van der Waals surface area contributed by atoms with Crippen LogP contribution in [0.2, 0.25) is 0 Å². The van der Waals surface area contributed by atoms with Crippen LogP contribution in [0, 0.1) is 12.3 Å². The molecule has 0 amide bonds. The SMILES string of the molecule is Cc1nnnn1C(=O)C(C)(C)C. The maximum Gasteiger partial charge on any atom is 0.255 e. The van der Waals surface area contributed by atoms with Crippen molar-refractivity contribution >= 4 is 5.91 Å². The Hall–Kier alpha value is -1.26. The maximum absolute atomic E-state index is 11.6. The van der Waals surface area contributed by atoms with Gasteiger partial charge in [0.2, 0.25) is 0 Å². The van der Waals surface area contributed by atoms with Crippen LogP contribution in [0.25, 0.3) is 0 Å². The van der Waals surface area contributed by atoms with E-state index in [1.807, 2.05) is 20.8 Å². The summed E-state index contributed by atoms with van der Waals surface area (Å²) >= 11 is 0. The molecule has 0 saturated heterocycles. The fraction of sp³-hybridized carbons (Fsp3) is 0.714. The van der Waals surface area contributed by atoms with Crippen molar-refractivity contribution in [3.8, 4) is 0 Å². The summed E-state index contributed by atoms with van der Waals surface area (Å²) in [6.45, 7) is 7.19. The van der Waals surface area contributed by atoms with Crippen LogP contribution < -0.4 is 0 Å². The largest absolute Gasteiger partial charge is 0.272 e. The minimum absolute atomic E-state index is 0.0926. The lowest BCUT2D eigenvalue weighted by atomic mass is 9.96. The van der Waals surface area contributed by atoms with E-state index in [-0.39, 0.29) is 5.91 Å². The Morgan fingerprint density at radius 2 is 2.00 bits per heavy atom. The van der Waals surface area contributed by atoms with Crippen molar-refractivity contribution in [3.63, 3.8) is 0 Å². The van der Waals surface area contributed by atoms with Gasteiger partial charge in [-0.3, -0.25) is 4.79 Å². The fourth-order valence-electron chi connectivity index (χ4n) is 0.737. The summed E-state index contributed by atoms with van der Waals surface area (Å²) in [7, 11) is 0. The van der Waals surface area contributed by atoms with Crippen LogP contribution in [0.1, 0.15) is 31.4 Å². The van der Waals surface area contributed by atoms with Crippen molar-refractivity contribution in [3.05, 3.63) is 5.82 Å². The second kappa shape index (κ2) is 2.66. The van der Waals surface area contributed by atoms with Crippen LogP contribution in [-0.4, -0.2) is 26.1 Å². The molecular weight excluding hydrogens is 156 g/mol. The third kappa shape index (κ3) is 1.49. The Labute approximate surface area is 70.8 Å². The number of aromatic nitrogens is 4. The summed E-state index contributed by atoms with van der Waals surface area (Å²) in [6, 6.07) is 0. The molecule has 1 rings (SSSR count). The first-order valence-electron chi connectivity index (χ1n) is 3.72. The molecule has 0 fully saturated rings. The number of hydrogen-bond acceptors (Lipinski definition) is 4. The van der Waals surface area contributed by atoms with Crippen LogP contribution in [0.3, 0.4) is 0 Å². The normalized spacial score (nSPS) is 11.7. The van der Waals surface area contributed by atoms with Crippen LogP contribution in [0.15, 0.2) is 0 Å². The highest BCUT2D eigenvalue weighted by molar-refractivity contribution is 5.83. The number of tetrazole rings is 1. The standard InChI is InChI=1S/C7H12N4O/c1-5-8-9-10-11(5)6(12)7(2,3)4/h1-4H3. The smallest absolute Gasteiger partial charge is 0.255 e. The highest BCUT2D eigenvalue weighted by Crippen LogP contribution is 2.15. The van der Waals surface area contributed by atoms with E-state index in [4.69, 9.17) is 0 Å². The van der Waals surface area contributed by atoms with E-state index in [2.05, 4.69) is 15.5 Å². The minimum Gasteiger partial charge on any atom is -0.272 e. The van der Waals surface area contributed by atoms with E-state index < -0.39 is 5.41 Å². The van der Waals surface area contributed by atoms with E-state index in [9.17, 15) is 4.79 Å². The number of carbonyl (C=O) groups excluding carboxylic acids is 1. The molecule has 0 aliphatic heterocycles. The zero-order valence-corrected chi connectivity index (χ0v) is 7.70. The van der Waals surface area contributed by atoms with Crippen molar-refractivity contribution < 1.29 is 4.79 Å². The first-order chi connectivity index (χ1) is 5.43. The third-order valence-electron chi connectivity index (χ3n) is 1.46. The van der Waals surface area contributed by atoms with Crippen LogP contribution in [0.5, 0.6) is 0 Å². The molecule has 0 bridgehead atoms. The average Bonchev–Trinajstić information content (AvgIpc) is 2.31. The summed E-state index contributed by atoms with van der Waals surface area (Å²) in [4.78, 5) is 11.6. The molecule has 1 heterocycles. The van der Waals surface area contributed by atoms with E-state index in [1.165, 1.54) is 4.68 Å². The average molecular weight is 168 g/mol. The van der Waals surface area contributed by atoms with Gasteiger partial charge in [-0.15, -0.1) is 5.10 Å². The highest BCUT2D eigenvalue weighted by Gasteiger charge is 2.25. The molecule has 0 aliphatic rings. The third-order valence-corrected chi connectivity index (χ3v) is 1.46. The van der Waals surface area contributed by atoms with Gasteiger partial charge in [0.15, 0.2) is 5.82 Å². The van der Waals surface area contributed by atoms with Crippen molar-refractivity contribution in [1.29, 1.82) is 0 Å². The summed E-state index contributed by atoms with van der Waals surface area (Å²) < 4.78 is 1.22. The quantitative estimate of drug-likeness (QED) is 0.534. The van der Waals surface area contributed by atoms with E-state index >= 15 is 0 Å². The second-order valence-corrected chi connectivity index (χ2v) is 3.69. The molecule has 12 heavy (non-hydrogen) atoms. The van der Waals surface area contributed by atoms with Crippen molar-refractivity contribution in [1.82, 2.24) is 20.2 Å². The Morgan fingerprint density at radius 1 is 1.42 bits per heavy atom. The van der Waals surface area contributed by atoms with Crippen LogP contribution >= 0.6 is 0 Å². The van der Waals surface area contributed by atoms with E-state index in [1.54, 1.807) is 6.92 Å². The minimum atomic E-state index is -0.444. The zero-order chi connectivity index (χ0) is 9.35. The monoisotopic (exact) mass is 168 g/mol. The fourth-order valence-corrected chi connectivity index (χ4v) is 0.737. The lowest BCUT2D eigenvalue weighted by molar-refractivity contribution is 0.0743. The Bertz CT molecular complexity index is 297. The molecule has 5 nitrogen and oxygen atoms in total. The molecular formula is C7H12N4O. The first kappa shape index (κ1) is 8.83. The molecule has 0 aromatic carbocycles. The summed E-state index contributed by atoms with van der Waals surface area (Å²) in [5.41, 5.74) is -0.444. The summed E-state index contributed by atoms with van der Waals surface area (Å²) in [6.07, 6.45) is 0. The number of carbonyl (C=O) groups is 1. The van der Waals surface area contributed by atoms with Crippen molar-refractivity contribution in [2.24, 2.45) is 5.41 Å². The van der Waals surface area contributed by atoms with Gasteiger partial charge in [-0.2, -0.15) is 4.68 Å². The first-order valence-corrected chi connectivity index (χ1v) is 3.72. The van der Waals surface area contributed by atoms with Gasteiger partial charge >= 0.3 is 0 Å². The number of nitrogens with zero attached hydrogens (tertiary/aromatic N) is 4. The molecule has 5 heteroatoms. The molecule has 1 aromatic heterocycles. The van der Waals surface area contributed by atoms with Gasteiger partial charge < -0.3 is 0 Å². The van der Waals surface area contributed by atoms with Gasteiger partial charge in [-0.1, -0.05) is 20.8 Å². The van der Waals surface area contributed by atoms with Crippen LogP contribution in [-0.2, 0) is 0 Å². The van der Waals surface area contributed by atoms with Crippen LogP contribution in [0.4, 0.5) is 0 Å². The van der Waals surface area contributed by atoms with Gasteiger partial charge in [0.05, 0.1) is 0 Å². The molecule has 0 saturated carbocycles. The topological polar surface area (TPSA) is 60.7 Å². The lowest BCUT2D eigenvalue weighted by Gasteiger charge is -2.15. The summed E-state index contributed by atoms with van der Waals surface area (Å²) in [5, 5.41) is 10.6. The van der Waals surface area contributed by atoms with Gasteiger partial charge in [-0.25, -0.2) is 0 Å². The van der Waals surface area contributed by atoms with E-state index in [0.29, 0.717) is 5.82 Å². The number of rotatable bonds is 0. The number of aryl methyl sites for hydroxylation is 1. The second-order valence-electron chi connectivity index (χ2n) is 3.69. The van der Waals surface area contributed by atoms with Gasteiger partial charge in [0, 0.05) is 5.41 Å². The predicted octanol–water partition coefficient (Wildman–Crippen LogP) is 0.668. The van der Waals surface area contributed by atoms with Gasteiger partial charge in [0.1, 0.15) is 0 Å².